The molecule has 0 saturated carbocycles. The molecule has 1 amide bonds. The largest absolute Gasteiger partial charge is 0.396 e. The van der Waals surface area contributed by atoms with E-state index in [-0.39, 0.29) is 0 Å². The molecular weight excluding hydrogens is 246 g/mol. The van der Waals surface area contributed by atoms with Crippen molar-refractivity contribution in [2.45, 2.75) is 12.8 Å². The Morgan fingerprint density at radius 1 is 1.39 bits per heavy atom. The highest BCUT2D eigenvalue weighted by atomic mass is 32.2. The third-order valence-corrected chi connectivity index (χ3v) is 4.34. The lowest BCUT2D eigenvalue weighted by molar-refractivity contribution is 0.100. The number of hydrogen-bond donors (Lipinski definition) is 3. The Morgan fingerprint density at radius 3 is 2.78 bits per heavy atom. The lowest BCUT2D eigenvalue weighted by Gasteiger charge is -2.22. The van der Waals surface area contributed by atoms with Gasteiger partial charge in [-0.1, -0.05) is 6.07 Å². The van der Waals surface area contributed by atoms with Gasteiger partial charge in [-0.2, -0.15) is 11.8 Å². The lowest BCUT2D eigenvalue weighted by atomic mass is 10.0. The zero-order chi connectivity index (χ0) is 13.0. The van der Waals surface area contributed by atoms with Gasteiger partial charge in [0.15, 0.2) is 0 Å². The molecule has 1 aromatic carbocycles. The lowest BCUT2D eigenvalue weighted by Crippen LogP contribution is -2.20. The van der Waals surface area contributed by atoms with Crippen molar-refractivity contribution in [3.05, 3.63) is 23.8 Å². The molecule has 0 bridgehead atoms. The highest BCUT2D eigenvalue weighted by molar-refractivity contribution is 7.99. The summed E-state index contributed by atoms with van der Waals surface area (Å²) < 4.78 is 0. The SMILES string of the molecule is NC(=O)c1cccc(NCC2CCSCC2)c1N. The van der Waals surface area contributed by atoms with Crippen molar-refractivity contribution < 1.29 is 4.79 Å². The smallest absolute Gasteiger partial charge is 0.250 e. The Kier molecular flexibility index (Phi) is 4.36. The molecule has 0 unspecified atom stereocenters. The van der Waals surface area contributed by atoms with Gasteiger partial charge in [-0.05, 0) is 42.4 Å². The van der Waals surface area contributed by atoms with Crippen LogP contribution in [0, 0.1) is 5.92 Å². The van der Waals surface area contributed by atoms with Crippen LogP contribution in [0.5, 0.6) is 0 Å². The summed E-state index contributed by atoms with van der Waals surface area (Å²) in [6.45, 7) is 0.910. The Balaban J connectivity index is 2.00. The number of para-hydroxylation sites is 1. The number of rotatable bonds is 4. The quantitative estimate of drug-likeness (QED) is 0.727. The number of amides is 1. The van der Waals surface area contributed by atoms with Crippen molar-refractivity contribution in [1.29, 1.82) is 0 Å². The van der Waals surface area contributed by atoms with Crippen molar-refractivity contribution in [1.82, 2.24) is 0 Å². The van der Waals surface area contributed by atoms with Gasteiger partial charge in [0.2, 0.25) is 0 Å². The first-order valence-electron chi connectivity index (χ1n) is 6.18. The molecule has 2 rings (SSSR count). The van der Waals surface area contributed by atoms with E-state index in [1.165, 1.54) is 24.3 Å². The molecule has 1 aromatic rings. The molecule has 1 aliphatic rings. The summed E-state index contributed by atoms with van der Waals surface area (Å²) in [5, 5.41) is 3.34. The zero-order valence-electron chi connectivity index (χ0n) is 10.3. The first-order chi connectivity index (χ1) is 8.68. The standard InChI is InChI=1S/C13H19N3OS/c14-12-10(13(15)17)2-1-3-11(12)16-8-9-4-6-18-7-5-9/h1-3,9,16H,4-8,14H2,(H2,15,17). The Bertz CT molecular complexity index is 430. The van der Waals surface area contributed by atoms with Crippen molar-refractivity contribution in [2.75, 3.05) is 29.1 Å². The summed E-state index contributed by atoms with van der Waals surface area (Å²) >= 11 is 2.02. The monoisotopic (exact) mass is 265 g/mol. The maximum atomic E-state index is 11.2. The number of thioether (sulfide) groups is 1. The van der Waals surface area contributed by atoms with Crippen molar-refractivity contribution in [3.63, 3.8) is 0 Å². The van der Waals surface area contributed by atoms with Gasteiger partial charge in [-0.15, -0.1) is 0 Å². The average Bonchev–Trinajstić information content (AvgIpc) is 2.38. The fourth-order valence-corrected chi connectivity index (χ4v) is 3.34. The van der Waals surface area contributed by atoms with Gasteiger partial charge in [0, 0.05) is 6.54 Å². The fourth-order valence-electron chi connectivity index (χ4n) is 2.14. The number of nitrogens with two attached hydrogens (primary N) is 2. The van der Waals surface area contributed by atoms with E-state index in [2.05, 4.69) is 5.32 Å². The summed E-state index contributed by atoms with van der Waals surface area (Å²) in [6.07, 6.45) is 2.49. The molecule has 0 radical (unpaired) electrons. The molecule has 0 aliphatic carbocycles. The predicted molar refractivity (Wildman–Crippen MR) is 77.9 cm³/mol. The van der Waals surface area contributed by atoms with Crippen LogP contribution in [0.15, 0.2) is 18.2 Å². The minimum atomic E-state index is -0.481. The van der Waals surface area contributed by atoms with Crippen molar-refractivity contribution in [2.24, 2.45) is 11.7 Å². The number of carbonyl (C=O) groups is 1. The maximum Gasteiger partial charge on any atom is 0.250 e. The summed E-state index contributed by atoms with van der Waals surface area (Å²) in [6, 6.07) is 5.34. The van der Waals surface area contributed by atoms with Crippen molar-refractivity contribution in [3.8, 4) is 0 Å². The highest BCUT2D eigenvalue weighted by Crippen LogP contribution is 2.26. The number of hydrogen-bond acceptors (Lipinski definition) is 4. The van der Waals surface area contributed by atoms with Crippen LogP contribution in [-0.2, 0) is 0 Å². The number of nitrogen functional groups attached to an aromatic ring is 1. The Hall–Kier alpha value is -1.36. The normalized spacial score (nSPS) is 16.4. The summed E-state index contributed by atoms with van der Waals surface area (Å²) in [5.41, 5.74) is 12.9. The number of benzene rings is 1. The number of primary amides is 1. The molecular formula is C13H19N3OS. The van der Waals surface area contributed by atoms with Crippen LogP contribution in [0.3, 0.4) is 0 Å². The van der Waals surface area contributed by atoms with Gasteiger partial charge in [-0.3, -0.25) is 4.79 Å². The fraction of sp³-hybridized carbons (Fsp3) is 0.462. The number of carbonyl (C=O) groups excluding carboxylic acids is 1. The number of anilines is 2. The van der Waals surface area contributed by atoms with Crippen LogP contribution >= 0.6 is 11.8 Å². The second kappa shape index (κ2) is 6.00. The summed E-state index contributed by atoms with van der Waals surface area (Å²) in [7, 11) is 0. The van der Waals surface area contributed by atoms with Gasteiger partial charge >= 0.3 is 0 Å². The topological polar surface area (TPSA) is 81.1 Å². The molecule has 5 heteroatoms. The molecule has 0 aromatic heterocycles. The first-order valence-corrected chi connectivity index (χ1v) is 7.34. The highest BCUT2D eigenvalue weighted by Gasteiger charge is 2.14. The van der Waals surface area contributed by atoms with E-state index in [4.69, 9.17) is 11.5 Å². The molecule has 18 heavy (non-hydrogen) atoms. The van der Waals surface area contributed by atoms with E-state index >= 15 is 0 Å². The maximum absolute atomic E-state index is 11.2. The number of nitrogens with one attached hydrogen (secondary N) is 1. The molecule has 1 aliphatic heterocycles. The van der Waals surface area contributed by atoms with E-state index in [1.807, 2.05) is 17.8 Å². The third kappa shape index (κ3) is 3.10. The molecule has 1 fully saturated rings. The molecule has 98 valence electrons. The zero-order valence-corrected chi connectivity index (χ0v) is 11.1. The van der Waals surface area contributed by atoms with E-state index < -0.39 is 5.91 Å². The molecule has 1 heterocycles. The molecule has 4 nitrogen and oxygen atoms in total. The van der Waals surface area contributed by atoms with Crippen LogP contribution in [0.25, 0.3) is 0 Å². The second-order valence-corrected chi connectivity index (χ2v) is 5.79. The van der Waals surface area contributed by atoms with Gasteiger partial charge in [-0.25, -0.2) is 0 Å². The summed E-state index contributed by atoms with van der Waals surface area (Å²) in [4.78, 5) is 11.2. The van der Waals surface area contributed by atoms with Crippen LogP contribution < -0.4 is 16.8 Å². The molecule has 0 spiro atoms. The first kappa shape index (κ1) is 13.1. The predicted octanol–water partition coefficient (Wildman–Crippen LogP) is 1.92. The average molecular weight is 265 g/mol. The van der Waals surface area contributed by atoms with Gasteiger partial charge in [0.1, 0.15) is 0 Å². The summed E-state index contributed by atoms with van der Waals surface area (Å²) in [5.74, 6) is 2.69. The van der Waals surface area contributed by atoms with E-state index in [9.17, 15) is 4.79 Å². The van der Waals surface area contributed by atoms with Crippen LogP contribution in [0.4, 0.5) is 11.4 Å². The van der Waals surface area contributed by atoms with E-state index in [1.54, 1.807) is 12.1 Å². The Labute approximate surface area is 111 Å². The molecule has 0 atom stereocenters. The minimum Gasteiger partial charge on any atom is -0.396 e. The van der Waals surface area contributed by atoms with Crippen LogP contribution in [0.1, 0.15) is 23.2 Å². The Morgan fingerprint density at radius 2 is 2.11 bits per heavy atom. The minimum absolute atomic E-state index is 0.388. The van der Waals surface area contributed by atoms with Crippen LogP contribution in [0.2, 0.25) is 0 Å². The van der Waals surface area contributed by atoms with Gasteiger partial charge < -0.3 is 16.8 Å². The van der Waals surface area contributed by atoms with E-state index in [0.717, 1.165) is 12.2 Å². The van der Waals surface area contributed by atoms with E-state index in [0.29, 0.717) is 17.2 Å². The van der Waals surface area contributed by atoms with Gasteiger partial charge in [0.25, 0.3) is 5.91 Å². The molecule has 1 saturated heterocycles. The second-order valence-electron chi connectivity index (χ2n) is 4.57. The van der Waals surface area contributed by atoms with Gasteiger partial charge in [0.05, 0.1) is 16.9 Å². The van der Waals surface area contributed by atoms with Crippen LogP contribution in [-0.4, -0.2) is 24.0 Å². The van der Waals surface area contributed by atoms with Crippen molar-refractivity contribution >= 4 is 29.0 Å². The molecule has 5 N–H and O–H groups in total. The third-order valence-electron chi connectivity index (χ3n) is 3.29.